The van der Waals surface area contributed by atoms with Crippen LogP contribution in [0.3, 0.4) is 0 Å². The molecule has 1 heterocycles. The molecule has 114 valence electrons. The molecule has 0 bridgehead atoms. The van der Waals surface area contributed by atoms with Gasteiger partial charge in [0.05, 0.1) is 18.5 Å². The first-order valence-corrected chi connectivity index (χ1v) is 6.95. The molecule has 1 saturated heterocycles. The third-order valence-electron chi connectivity index (χ3n) is 3.74. The zero-order valence-corrected chi connectivity index (χ0v) is 11.9. The van der Waals surface area contributed by atoms with Crippen molar-refractivity contribution in [3.8, 4) is 0 Å². The molecule has 0 aliphatic carbocycles. The van der Waals surface area contributed by atoms with Crippen molar-refractivity contribution in [1.29, 1.82) is 0 Å². The Morgan fingerprint density at radius 2 is 2.10 bits per heavy atom. The molecule has 1 amide bonds. The Labute approximate surface area is 122 Å². The lowest BCUT2D eigenvalue weighted by atomic mass is 10.1. The number of carboxylic acids is 1. The van der Waals surface area contributed by atoms with Crippen molar-refractivity contribution < 1.29 is 19.1 Å². The van der Waals surface area contributed by atoms with Crippen LogP contribution in [-0.4, -0.2) is 41.5 Å². The smallest absolute Gasteiger partial charge is 0.307 e. The van der Waals surface area contributed by atoms with E-state index in [2.05, 4.69) is 5.32 Å². The second kappa shape index (κ2) is 6.67. The number of carbonyl (C=O) groups is 2. The first-order chi connectivity index (χ1) is 9.95. The Morgan fingerprint density at radius 3 is 2.67 bits per heavy atom. The van der Waals surface area contributed by atoms with Gasteiger partial charge in [-0.2, -0.15) is 0 Å². The molecule has 1 aromatic carbocycles. The fourth-order valence-corrected chi connectivity index (χ4v) is 2.50. The van der Waals surface area contributed by atoms with Crippen LogP contribution in [0.4, 0.5) is 4.39 Å². The SMILES string of the molecule is CC(NC(=O)CN1CCC(C(=O)O)C1)c1ccc(F)cc1. The van der Waals surface area contributed by atoms with Gasteiger partial charge in [0.15, 0.2) is 0 Å². The van der Waals surface area contributed by atoms with E-state index in [0.29, 0.717) is 19.5 Å². The van der Waals surface area contributed by atoms with Gasteiger partial charge in [0, 0.05) is 6.54 Å². The van der Waals surface area contributed by atoms with Gasteiger partial charge in [-0.15, -0.1) is 0 Å². The Hall–Kier alpha value is -1.95. The van der Waals surface area contributed by atoms with Crippen LogP contribution in [0.25, 0.3) is 0 Å². The van der Waals surface area contributed by atoms with Crippen molar-refractivity contribution in [3.63, 3.8) is 0 Å². The normalized spacial score (nSPS) is 20.2. The molecule has 6 heteroatoms. The van der Waals surface area contributed by atoms with Gasteiger partial charge in [-0.25, -0.2) is 4.39 Å². The highest BCUT2D eigenvalue weighted by atomic mass is 19.1. The number of aliphatic carboxylic acids is 1. The summed E-state index contributed by atoms with van der Waals surface area (Å²) in [5.74, 6) is -1.66. The molecule has 1 aliphatic rings. The lowest BCUT2D eigenvalue weighted by Gasteiger charge is -2.18. The fraction of sp³-hybridized carbons (Fsp3) is 0.467. The van der Waals surface area contributed by atoms with E-state index in [1.54, 1.807) is 12.1 Å². The van der Waals surface area contributed by atoms with E-state index in [1.165, 1.54) is 12.1 Å². The van der Waals surface area contributed by atoms with E-state index in [9.17, 15) is 14.0 Å². The Kier molecular flexibility index (Phi) is 4.90. The number of amides is 1. The summed E-state index contributed by atoms with van der Waals surface area (Å²) < 4.78 is 12.8. The summed E-state index contributed by atoms with van der Waals surface area (Å²) in [4.78, 5) is 24.7. The van der Waals surface area contributed by atoms with Crippen molar-refractivity contribution in [2.24, 2.45) is 5.92 Å². The number of halogens is 1. The van der Waals surface area contributed by atoms with Crippen LogP contribution in [0.15, 0.2) is 24.3 Å². The predicted molar refractivity (Wildman–Crippen MR) is 75.1 cm³/mol. The summed E-state index contributed by atoms with van der Waals surface area (Å²) in [6.07, 6.45) is 0.579. The maximum atomic E-state index is 12.8. The van der Waals surface area contributed by atoms with Gasteiger partial charge in [0.25, 0.3) is 0 Å². The summed E-state index contributed by atoms with van der Waals surface area (Å²) in [5.41, 5.74) is 0.828. The summed E-state index contributed by atoms with van der Waals surface area (Å²) in [6, 6.07) is 5.77. The van der Waals surface area contributed by atoms with Crippen LogP contribution in [-0.2, 0) is 9.59 Å². The second-order valence-corrected chi connectivity index (χ2v) is 5.40. The van der Waals surface area contributed by atoms with Gasteiger partial charge < -0.3 is 10.4 Å². The van der Waals surface area contributed by atoms with Gasteiger partial charge in [0.1, 0.15) is 5.82 Å². The highest BCUT2D eigenvalue weighted by Gasteiger charge is 2.29. The third-order valence-corrected chi connectivity index (χ3v) is 3.74. The average Bonchev–Trinajstić information content (AvgIpc) is 2.87. The number of hydrogen-bond donors (Lipinski definition) is 2. The third kappa shape index (κ3) is 4.26. The van der Waals surface area contributed by atoms with Crippen molar-refractivity contribution in [3.05, 3.63) is 35.6 Å². The van der Waals surface area contributed by atoms with Crippen LogP contribution in [0.5, 0.6) is 0 Å². The topological polar surface area (TPSA) is 69.6 Å². The maximum absolute atomic E-state index is 12.8. The molecule has 2 unspecified atom stereocenters. The van der Waals surface area contributed by atoms with Gasteiger partial charge in [-0.1, -0.05) is 12.1 Å². The zero-order chi connectivity index (χ0) is 15.4. The Morgan fingerprint density at radius 1 is 1.43 bits per heavy atom. The number of benzene rings is 1. The highest BCUT2D eigenvalue weighted by Crippen LogP contribution is 2.16. The first kappa shape index (κ1) is 15.4. The largest absolute Gasteiger partial charge is 0.481 e. The van der Waals surface area contributed by atoms with Crippen LogP contribution < -0.4 is 5.32 Å². The predicted octanol–water partition coefficient (Wildman–Crippen LogP) is 1.41. The zero-order valence-electron chi connectivity index (χ0n) is 11.9. The molecule has 0 spiro atoms. The van der Waals surface area contributed by atoms with E-state index in [1.807, 2.05) is 11.8 Å². The maximum Gasteiger partial charge on any atom is 0.307 e. The van der Waals surface area contributed by atoms with Crippen LogP contribution in [0, 0.1) is 11.7 Å². The minimum atomic E-state index is -0.808. The number of carbonyl (C=O) groups excluding carboxylic acids is 1. The highest BCUT2D eigenvalue weighted by molar-refractivity contribution is 5.78. The van der Waals surface area contributed by atoms with Crippen LogP contribution in [0.1, 0.15) is 24.9 Å². The molecular formula is C15H19FN2O3. The summed E-state index contributed by atoms with van der Waals surface area (Å²) in [7, 11) is 0. The van der Waals surface area contributed by atoms with Crippen molar-refractivity contribution in [2.75, 3.05) is 19.6 Å². The molecule has 0 aromatic heterocycles. The molecule has 2 atom stereocenters. The first-order valence-electron chi connectivity index (χ1n) is 6.95. The molecule has 1 fully saturated rings. The van der Waals surface area contributed by atoms with Crippen molar-refractivity contribution >= 4 is 11.9 Å². The summed E-state index contributed by atoms with van der Waals surface area (Å²) in [6.45, 7) is 3.05. The number of nitrogens with zero attached hydrogens (tertiary/aromatic N) is 1. The number of nitrogens with one attached hydrogen (secondary N) is 1. The van der Waals surface area contributed by atoms with E-state index >= 15 is 0 Å². The molecular weight excluding hydrogens is 275 g/mol. The van der Waals surface area contributed by atoms with Gasteiger partial charge in [-0.3, -0.25) is 14.5 Å². The lowest BCUT2D eigenvalue weighted by molar-refractivity contribution is -0.141. The Balaban J connectivity index is 1.82. The van der Waals surface area contributed by atoms with Gasteiger partial charge in [0.2, 0.25) is 5.91 Å². The fourth-order valence-electron chi connectivity index (χ4n) is 2.50. The van der Waals surface area contributed by atoms with Crippen LogP contribution in [0.2, 0.25) is 0 Å². The Bertz CT molecular complexity index is 518. The molecule has 5 nitrogen and oxygen atoms in total. The number of likely N-dealkylation sites (tertiary alicyclic amines) is 1. The molecule has 0 radical (unpaired) electrons. The van der Waals surface area contributed by atoms with E-state index in [0.717, 1.165) is 5.56 Å². The molecule has 1 aromatic rings. The average molecular weight is 294 g/mol. The van der Waals surface area contributed by atoms with Crippen molar-refractivity contribution in [2.45, 2.75) is 19.4 Å². The van der Waals surface area contributed by atoms with Crippen molar-refractivity contribution in [1.82, 2.24) is 10.2 Å². The number of rotatable bonds is 5. The summed E-state index contributed by atoms with van der Waals surface area (Å²) in [5, 5.41) is 11.8. The lowest BCUT2D eigenvalue weighted by Crippen LogP contribution is -2.37. The van der Waals surface area contributed by atoms with Gasteiger partial charge in [-0.05, 0) is 37.6 Å². The van der Waals surface area contributed by atoms with Crippen LogP contribution >= 0.6 is 0 Å². The number of carboxylic acid groups (broad SMARTS) is 1. The minimum Gasteiger partial charge on any atom is -0.481 e. The summed E-state index contributed by atoms with van der Waals surface area (Å²) >= 11 is 0. The standard InChI is InChI=1S/C15H19FN2O3/c1-10(11-2-4-13(16)5-3-11)17-14(19)9-18-7-6-12(8-18)15(20)21/h2-5,10,12H,6-9H2,1H3,(H,17,19)(H,20,21). The second-order valence-electron chi connectivity index (χ2n) is 5.40. The van der Waals surface area contributed by atoms with E-state index in [4.69, 9.17) is 5.11 Å². The quantitative estimate of drug-likeness (QED) is 0.861. The van der Waals surface area contributed by atoms with Gasteiger partial charge >= 0.3 is 5.97 Å². The number of hydrogen-bond acceptors (Lipinski definition) is 3. The molecule has 1 aliphatic heterocycles. The molecule has 2 rings (SSSR count). The minimum absolute atomic E-state index is 0.155. The molecule has 21 heavy (non-hydrogen) atoms. The monoisotopic (exact) mass is 294 g/mol. The van der Waals surface area contributed by atoms with E-state index in [-0.39, 0.29) is 30.2 Å². The van der Waals surface area contributed by atoms with E-state index < -0.39 is 5.97 Å². The molecule has 2 N–H and O–H groups in total. The molecule has 0 saturated carbocycles.